The van der Waals surface area contributed by atoms with E-state index in [1.807, 2.05) is 36.6 Å². The summed E-state index contributed by atoms with van der Waals surface area (Å²) in [5.41, 5.74) is -0.700. The molecule has 0 unspecified atom stereocenters. The van der Waals surface area contributed by atoms with Crippen LogP contribution in [0.15, 0.2) is 12.4 Å². The molecule has 0 aliphatic carbocycles. The van der Waals surface area contributed by atoms with E-state index in [4.69, 9.17) is 4.74 Å². The van der Waals surface area contributed by atoms with E-state index in [2.05, 4.69) is 9.88 Å². The van der Waals surface area contributed by atoms with E-state index in [9.17, 15) is 9.90 Å². The highest BCUT2D eigenvalue weighted by Gasteiger charge is 2.40. The van der Waals surface area contributed by atoms with E-state index in [-0.39, 0.29) is 17.9 Å². The molecule has 0 spiro atoms. The molecule has 2 fully saturated rings. The number of piperazine rings is 1. The molecule has 1 aromatic heterocycles. The molecule has 3 rings (SSSR count). The predicted molar refractivity (Wildman–Crippen MR) is 89.3 cm³/mol. The Bertz CT molecular complexity index is 573. The number of amides is 1. The van der Waals surface area contributed by atoms with Crippen LogP contribution in [-0.4, -0.2) is 75.3 Å². The number of carbonyl (C=O) groups excluding carboxylic acids is 1. The van der Waals surface area contributed by atoms with Gasteiger partial charge in [-0.15, -0.1) is 0 Å². The van der Waals surface area contributed by atoms with Crippen molar-refractivity contribution in [3.8, 4) is 0 Å². The highest BCUT2D eigenvalue weighted by molar-refractivity contribution is 5.80. The number of nitrogens with zero attached hydrogens (tertiary/aromatic N) is 4. The fourth-order valence-corrected chi connectivity index (χ4v) is 3.66. The fraction of sp³-hybridized carbons (Fsp3) is 0.765. The molecular formula is C17H28N4O3. The number of aryl methyl sites for hydroxylation is 1. The molecule has 0 bridgehead atoms. The molecule has 1 aromatic rings. The quantitative estimate of drug-likeness (QED) is 0.862. The molecule has 2 saturated heterocycles. The SMILES string of the molecule is Cn1ccnc1[C@@H]1OCC[C@H]1C(=O)N1CCN(CC(C)(C)O)CC1. The number of carbonyl (C=O) groups is 1. The lowest BCUT2D eigenvalue weighted by Crippen LogP contribution is -2.53. The molecule has 0 radical (unpaired) electrons. The second-order valence-corrected chi connectivity index (χ2v) is 7.50. The zero-order valence-electron chi connectivity index (χ0n) is 14.8. The Hall–Kier alpha value is -1.44. The first-order valence-corrected chi connectivity index (χ1v) is 8.67. The topological polar surface area (TPSA) is 70.8 Å². The lowest BCUT2D eigenvalue weighted by atomic mass is 9.98. The molecule has 0 saturated carbocycles. The zero-order valence-corrected chi connectivity index (χ0v) is 14.8. The van der Waals surface area contributed by atoms with Gasteiger partial charge >= 0.3 is 0 Å². The van der Waals surface area contributed by atoms with Crippen LogP contribution in [0, 0.1) is 5.92 Å². The maximum absolute atomic E-state index is 13.0. The Labute approximate surface area is 143 Å². The van der Waals surface area contributed by atoms with Crippen LogP contribution in [0.1, 0.15) is 32.2 Å². The third-order valence-electron chi connectivity index (χ3n) is 4.82. The molecule has 2 atom stereocenters. The molecule has 134 valence electrons. The molecule has 7 heteroatoms. The molecule has 1 amide bonds. The second kappa shape index (κ2) is 6.82. The van der Waals surface area contributed by atoms with E-state index in [1.165, 1.54) is 0 Å². The lowest BCUT2D eigenvalue weighted by Gasteiger charge is -2.38. The maximum Gasteiger partial charge on any atom is 0.228 e. The zero-order chi connectivity index (χ0) is 17.3. The minimum atomic E-state index is -0.700. The fourth-order valence-electron chi connectivity index (χ4n) is 3.66. The normalized spacial score (nSPS) is 26.1. The molecule has 7 nitrogen and oxygen atoms in total. The number of β-amino-alcohol motifs (C(OH)–C–C–N with tert-alkyl or cyclic N) is 1. The van der Waals surface area contributed by atoms with Crippen LogP contribution in [-0.2, 0) is 16.6 Å². The number of aliphatic hydroxyl groups is 1. The van der Waals surface area contributed by atoms with Crippen molar-refractivity contribution in [2.45, 2.75) is 32.0 Å². The molecule has 24 heavy (non-hydrogen) atoms. The predicted octanol–water partition coefficient (Wildman–Crippen LogP) is 0.413. The van der Waals surface area contributed by atoms with Crippen LogP contribution >= 0.6 is 0 Å². The Morgan fingerprint density at radius 2 is 2.08 bits per heavy atom. The third kappa shape index (κ3) is 3.79. The van der Waals surface area contributed by atoms with Crippen molar-refractivity contribution in [2.75, 3.05) is 39.3 Å². The molecule has 0 aromatic carbocycles. The maximum atomic E-state index is 13.0. The van der Waals surface area contributed by atoms with Gasteiger partial charge in [0.1, 0.15) is 11.9 Å². The number of rotatable bonds is 4. The van der Waals surface area contributed by atoms with Crippen molar-refractivity contribution in [1.82, 2.24) is 19.4 Å². The first-order valence-electron chi connectivity index (χ1n) is 8.67. The van der Waals surface area contributed by atoms with Gasteiger partial charge in [-0.1, -0.05) is 0 Å². The van der Waals surface area contributed by atoms with Gasteiger partial charge in [-0.3, -0.25) is 9.69 Å². The van der Waals surface area contributed by atoms with Crippen LogP contribution in [0.3, 0.4) is 0 Å². The van der Waals surface area contributed by atoms with Crippen molar-refractivity contribution in [3.05, 3.63) is 18.2 Å². The summed E-state index contributed by atoms with van der Waals surface area (Å²) in [7, 11) is 1.93. The van der Waals surface area contributed by atoms with E-state index >= 15 is 0 Å². The standard InChI is InChI=1S/C17H28N4O3/c1-17(2,23)12-20-7-9-21(10-8-20)16(22)13-4-11-24-14(13)15-18-5-6-19(15)3/h5-6,13-14,23H,4,7-12H2,1-3H3/t13-,14-/m1/s1. The Balaban J connectivity index is 1.60. The van der Waals surface area contributed by atoms with E-state index in [0.29, 0.717) is 26.2 Å². The van der Waals surface area contributed by atoms with E-state index in [1.54, 1.807) is 6.20 Å². The van der Waals surface area contributed by atoms with Gasteiger partial charge in [0.2, 0.25) is 5.91 Å². The van der Waals surface area contributed by atoms with Crippen LogP contribution in [0.2, 0.25) is 0 Å². The van der Waals surface area contributed by atoms with Crippen LogP contribution < -0.4 is 0 Å². The number of imidazole rings is 1. The largest absolute Gasteiger partial charge is 0.389 e. The highest BCUT2D eigenvalue weighted by atomic mass is 16.5. The number of hydrogen-bond acceptors (Lipinski definition) is 5. The molecule has 1 N–H and O–H groups in total. The summed E-state index contributed by atoms with van der Waals surface area (Å²) in [6.07, 6.45) is 4.13. The third-order valence-corrected chi connectivity index (χ3v) is 4.82. The van der Waals surface area contributed by atoms with Crippen molar-refractivity contribution in [3.63, 3.8) is 0 Å². The highest BCUT2D eigenvalue weighted by Crippen LogP contribution is 2.35. The summed E-state index contributed by atoms with van der Waals surface area (Å²) >= 11 is 0. The van der Waals surface area contributed by atoms with Crippen LogP contribution in [0.5, 0.6) is 0 Å². The number of aromatic nitrogens is 2. The lowest BCUT2D eigenvalue weighted by molar-refractivity contribution is -0.139. The van der Waals surface area contributed by atoms with Gasteiger partial charge in [-0.25, -0.2) is 4.98 Å². The second-order valence-electron chi connectivity index (χ2n) is 7.50. The van der Waals surface area contributed by atoms with Crippen molar-refractivity contribution >= 4 is 5.91 Å². The Kier molecular flexibility index (Phi) is 4.94. The summed E-state index contributed by atoms with van der Waals surface area (Å²) in [4.78, 5) is 21.5. The summed E-state index contributed by atoms with van der Waals surface area (Å²) in [5.74, 6) is 0.849. The summed E-state index contributed by atoms with van der Waals surface area (Å²) < 4.78 is 7.74. The monoisotopic (exact) mass is 336 g/mol. The van der Waals surface area contributed by atoms with Gasteiger partial charge < -0.3 is 19.3 Å². The van der Waals surface area contributed by atoms with E-state index < -0.39 is 5.60 Å². The van der Waals surface area contributed by atoms with Gasteiger partial charge in [0.25, 0.3) is 0 Å². The number of ether oxygens (including phenoxy) is 1. The molecule has 2 aliphatic rings. The minimum Gasteiger partial charge on any atom is -0.389 e. The molecular weight excluding hydrogens is 308 g/mol. The Morgan fingerprint density at radius 3 is 2.67 bits per heavy atom. The summed E-state index contributed by atoms with van der Waals surface area (Å²) in [5, 5.41) is 9.94. The summed E-state index contributed by atoms with van der Waals surface area (Å²) in [6.45, 7) is 7.89. The van der Waals surface area contributed by atoms with Crippen molar-refractivity contribution in [2.24, 2.45) is 13.0 Å². The first-order chi connectivity index (χ1) is 11.3. The van der Waals surface area contributed by atoms with Gasteiger partial charge in [0.05, 0.1) is 11.5 Å². The summed E-state index contributed by atoms with van der Waals surface area (Å²) in [6, 6.07) is 0. The smallest absolute Gasteiger partial charge is 0.228 e. The first kappa shape index (κ1) is 17.4. The minimum absolute atomic E-state index is 0.146. The average Bonchev–Trinajstić information content (AvgIpc) is 3.14. The van der Waals surface area contributed by atoms with E-state index in [0.717, 1.165) is 25.3 Å². The number of hydrogen-bond donors (Lipinski definition) is 1. The molecule has 3 heterocycles. The van der Waals surface area contributed by atoms with Gasteiger partial charge in [0, 0.05) is 58.8 Å². The Morgan fingerprint density at radius 1 is 1.38 bits per heavy atom. The van der Waals surface area contributed by atoms with Gasteiger partial charge in [-0.2, -0.15) is 0 Å². The van der Waals surface area contributed by atoms with Crippen LogP contribution in [0.25, 0.3) is 0 Å². The molecule has 2 aliphatic heterocycles. The average molecular weight is 336 g/mol. The van der Waals surface area contributed by atoms with Gasteiger partial charge in [0.15, 0.2) is 0 Å². The van der Waals surface area contributed by atoms with Crippen molar-refractivity contribution in [1.29, 1.82) is 0 Å². The van der Waals surface area contributed by atoms with Gasteiger partial charge in [-0.05, 0) is 20.3 Å². The van der Waals surface area contributed by atoms with Crippen molar-refractivity contribution < 1.29 is 14.6 Å². The van der Waals surface area contributed by atoms with Crippen LogP contribution in [0.4, 0.5) is 0 Å².